The maximum atomic E-state index is 11.7. The zero-order valence-electron chi connectivity index (χ0n) is 13.6. The Hall–Kier alpha value is -3.29. The van der Waals surface area contributed by atoms with Crippen LogP contribution in [0.3, 0.4) is 0 Å². The van der Waals surface area contributed by atoms with Crippen LogP contribution in [-0.4, -0.2) is 38.0 Å². The molecule has 25 heavy (non-hydrogen) atoms. The summed E-state index contributed by atoms with van der Waals surface area (Å²) in [6.45, 7) is -0.556. The van der Waals surface area contributed by atoms with E-state index in [-0.39, 0.29) is 18.8 Å². The third-order valence-corrected chi connectivity index (χ3v) is 3.17. The number of carbonyl (C=O) groups is 3. The van der Waals surface area contributed by atoms with E-state index in [1.807, 2.05) is 18.2 Å². The molecule has 0 unspecified atom stereocenters. The molecule has 132 valence electrons. The number of amides is 2. The second kappa shape index (κ2) is 9.11. The van der Waals surface area contributed by atoms with E-state index in [9.17, 15) is 14.4 Å². The average Bonchev–Trinajstić information content (AvgIpc) is 3.17. The Bertz CT molecular complexity index is 726. The number of para-hydroxylation sites is 1. The summed E-state index contributed by atoms with van der Waals surface area (Å²) in [6.07, 6.45) is 1.35. The maximum Gasteiger partial charge on any atom is 0.325 e. The fourth-order valence-electron chi connectivity index (χ4n) is 1.94. The second-order valence-electron chi connectivity index (χ2n) is 4.91. The van der Waals surface area contributed by atoms with E-state index in [1.54, 1.807) is 19.2 Å². The van der Waals surface area contributed by atoms with E-state index in [4.69, 9.17) is 13.9 Å². The number of esters is 1. The summed E-state index contributed by atoms with van der Waals surface area (Å²) in [6, 6.07) is 10.3. The average molecular weight is 346 g/mol. The lowest BCUT2D eigenvalue weighted by atomic mass is 10.2. The number of carbonyl (C=O) groups excluding carboxylic acids is 3. The molecule has 0 radical (unpaired) electrons. The predicted molar refractivity (Wildman–Crippen MR) is 86.8 cm³/mol. The SMILES string of the molecule is COc1ccccc1CNC(=O)COC(=O)CNC(=O)c1ccco1. The first-order valence-corrected chi connectivity index (χ1v) is 7.46. The van der Waals surface area contributed by atoms with E-state index in [0.29, 0.717) is 5.75 Å². The molecule has 0 bridgehead atoms. The van der Waals surface area contributed by atoms with E-state index < -0.39 is 24.4 Å². The van der Waals surface area contributed by atoms with Gasteiger partial charge in [-0.05, 0) is 18.2 Å². The van der Waals surface area contributed by atoms with Crippen LogP contribution in [0.4, 0.5) is 0 Å². The third-order valence-electron chi connectivity index (χ3n) is 3.17. The number of hydrogen-bond acceptors (Lipinski definition) is 6. The summed E-state index contributed by atoms with van der Waals surface area (Å²) in [7, 11) is 1.54. The molecule has 0 saturated carbocycles. The summed E-state index contributed by atoms with van der Waals surface area (Å²) in [5, 5.41) is 4.94. The van der Waals surface area contributed by atoms with Gasteiger partial charge in [-0.3, -0.25) is 14.4 Å². The maximum absolute atomic E-state index is 11.7. The smallest absolute Gasteiger partial charge is 0.325 e. The van der Waals surface area contributed by atoms with Gasteiger partial charge in [0.2, 0.25) is 0 Å². The minimum Gasteiger partial charge on any atom is -0.496 e. The molecule has 0 fully saturated rings. The largest absolute Gasteiger partial charge is 0.496 e. The first kappa shape index (κ1) is 18.1. The van der Waals surface area contributed by atoms with Gasteiger partial charge in [0.05, 0.1) is 13.4 Å². The molecule has 2 amide bonds. The third kappa shape index (κ3) is 5.69. The van der Waals surface area contributed by atoms with Crippen LogP contribution in [0.5, 0.6) is 5.75 Å². The Morgan fingerprint density at radius 3 is 2.60 bits per heavy atom. The van der Waals surface area contributed by atoms with Gasteiger partial charge in [0.1, 0.15) is 12.3 Å². The van der Waals surface area contributed by atoms with Crippen LogP contribution in [0, 0.1) is 0 Å². The van der Waals surface area contributed by atoms with Gasteiger partial charge in [-0.1, -0.05) is 18.2 Å². The summed E-state index contributed by atoms with van der Waals surface area (Å²) in [4.78, 5) is 34.8. The Kier molecular flexibility index (Phi) is 6.58. The van der Waals surface area contributed by atoms with E-state index in [2.05, 4.69) is 10.6 Å². The van der Waals surface area contributed by atoms with E-state index in [1.165, 1.54) is 12.3 Å². The standard InChI is InChI=1S/C17H18N2O6/c1-23-13-6-3-2-5-12(13)9-18-15(20)11-25-16(21)10-19-17(22)14-7-4-8-24-14/h2-8H,9-11H2,1H3,(H,18,20)(H,19,22). The Morgan fingerprint density at radius 1 is 1.08 bits per heavy atom. The van der Waals surface area contributed by atoms with Crippen LogP contribution in [-0.2, 0) is 20.9 Å². The number of methoxy groups -OCH3 is 1. The molecule has 2 aromatic rings. The molecule has 0 saturated heterocycles. The topological polar surface area (TPSA) is 107 Å². The molecule has 2 rings (SSSR count). The predicted octanol–water partition coefficient (Wildman–Crippen LogP) is 0.878. The lowest BCUT2D eigenvalue weighted by Gasteiger charge is -2.10. The minimum absolute atomic E-state index is 0.0855. The molecular weight excluding hydrogens is 328 g/mol. The van der Waals surface area contributed by atoms with E-state index >= 15 is 0 Å². The molecule has 8 nitrogen and oxygen atoms in total. The van der Waals surface area contributed by atoms with Crippen molar-refractivity contribution >= 4 is 17.8 Å². The minimum atomic E-state index is -0.729. The first-order chi connectivity index (χ1) is 12.1. The number of ether oxygens (including phenoxy) is 2. The summed E-state index contributed by atoms with van der Waals surface area (Å²) in [5.41, 5.74) is 0.801. The van der Waals surface area contributed by atoms with Crippen LogP contribution in [0.2, 0.25) is 0 Å². The monoisotopic (exact) mass is 346 g/mol. The van der Waals surface area contributed by atoms with Gasteiger partial charge in [-0.2, -0.15) is 0 Å². The van der Waals surface area contributed by atoms with Gasteiger partial charge in [0, 0.05) is 12.1 Å². The Morgan fingerprint density at radius 2 is 1.88 bits per heavy atom. The number of furan rings is 1. The van der Waals surface area contributed by atoms with Crippen LogP contribution >= 0.6 is 0 Å². The highest BCUT2D eigenvalue weighted by molar-refractivity contribution is 5.93. The number of benzene rings is 1. The quantitative estimate of drug-likeness (QED) is 0.687. The van der Waals surface area contributed by atoms with Crippen molar-refractivity contribution in [1.29, 1.82) is 0 Å². The van der Waals surface area contributed by atoms with Crippen molar-refractivity contribution in [3.63, 3.8) is 0 Å². The van der Waals surface area contributed by atoms with Crippen molar-refractivity contribution in [3.8, 4) is 5.75 Å². The molecule has 8 heteroatoms. The molecule has 1 heterocycles. The van der Waals surface area contributed by atoms with Crippen molar-refractivity contribution in [1.82, 2.24) is 10.6 Å². The molecule has 0 atom stereocenters. The van der Waals surface area contributed by atoms with Crippen LogP contribution < -0.4 is 15.4 Å². The highest BCUT2D eigenvalue weighted by atomic mass is 16.5. The molecular formula is C17H18N2O6. The molecule has 2 N–H and O–H groups in total. The van der Waals surface area contributed by atoms with Crippen LogP contribution in [0.15, 0.2) is 47.1 Å². The summed E-state index contributed by atoms with van der Waals surface area (Å²) >= 11 is 0. The van der Waals surface area contributed by atoms with Gasteiger partial charge in [-0.25, -0.2) is 0 Å². The van der Waals surface area contributed by atoms with Crippen molar-refractivity contribution < 1.29 is 28.3 Å². The van der Waals surface area contributed by atoms with Gasteiger partial charge >= 0.3 is 5.97 Å². The number of rotatable bonds is 8. The zero-order chi connectivity index (χ0) is 18.1. The summed E-state index contributed by atoms with van der Waals surface area (Å²) < 4.78 is 14.8. The van der Waals surface area contributed by atoms with Crippen LogP contribution in [0.1, 0.15) is 16.1 Å². The second-order valence-corrected chi connectivity index (χ2v) is 4.91. The fraction of sp³-hybridized carbons (Fsp3) is 0.235. The van der Waals surface area contributed by atoms with Gasteiger partial charge in [-0.15, -0.1) is 0 Å². The highest BCUT2D eigenvalue weighted by Crippen LogP contribution is 2.16. The van der Waals surface area contributed by atoms with Crippen molar-refractivity contribution in [2.75, 3.05) is 20.3 Å². The van der Waals surface area contributed by atoms with Crippen LogP contribution in [0.25, 0.3) is 0 Å². The molecule has 0 aliphatic rings. The molecule has 1 aromatic carbocycles. The highest BCUT2D eigenvalue weighted by Gasteiger charge is 2.12. The normalized spacial score (nSPS) is 9.96. The molecule has 0 spiro atoms. The number of nitrogens with one attached hydrogen (secondary N) is 2. The zero-order valence-corrected chi connectivity index (χ0v) is 13.6. The molecule has 1 aromatic heterocycles. The molecule has 0 aliphatic heterocycles. The van der Waals surface area contributed by atoms with Crippen molar-refractivity contribution in [2.24, 2.45) is 0 Å². The van der Waals surface area contributed by atoms with E-state index in [0.717, 1.165) is 5.56 Å². The fourth-order valence-corrected chi connectivity index (χ4v) is 1.94. The van der Waals surface area contributed by atoms with Crippen molar-refractivity contribution in [2.45, 2.75) is 6.54 Å². The molecule has 0 aliphatic carbocycles. The Labute approximate surface area is 144 Å². The summed E-state index contributed by atoms with van der Waals surface area (Å²) in [5.74, 6) is -0.991. The lowest BCUT2D eigenvalue weighted by Crippen LogP contribution is -2.33. The lowest BCUT2D eigenvalue weighted by molar-refractivity contribution is -0.147. The number of hydrogen-bond donors (Lipinski definition) is 2. The first-order valence-electron chi connectivity index (χ1n) is 7.46. The van der Waals surface area contributed by atoms with Crippen molar-refractivity contribution in [3.05, 3.63) is 54.0 Å². The Balaban J connectivity index is 1.67. The van der Waals surface area contributed by atoms with Gasteiger partial charge in [0.15, 0.2) is 12.4 Å². The van der Waals surface area contributed by atoms with Gasteiger partial charge in [0.25, 0.3) is 11.8 Å². The van der Waals surface area contributed by atoms with Gasteiger partial charge < -0.3 is 24.5 Å².